The normalized spacial score (nSPS) is 22.8. The standard InChI is InChI=1S/C17H16N2O8S/c1-9(20)27-7-11-8-28(25,26)16-12(15(22)19(16)13(11)17(23)24)18-14(21)10-5-3-2-4-6-10/h2-6,12,16H,7-8H2,1H3,(H,18,21)(H,23,24)/t12-,16-/m1/s1. The minimum Gasteiger partial charge on any atom is -0.477 e. The fourth-order valence-electron chi connectivity index (χ4n) is 3.14. The van der Waals surface area contributed by atoms with Crippen LogP contribution in [0.3, 0.4) is 0 Å². The number of ether oxygens (including phenoxy) is 1. The Bertz CT molecular complexity index is 999. The second-order valence-electron chi connectivity index (χ2n) is 6.26. The van der Waals surface area contributed by atoms with Crippen LogP contribution in [0.4, 0.5) is 0 Å². The molecular weight excluding hydrogens is 392 g/mol. The number of amides is 2. The van der Waals surface area contributed by atoms with E-state index < -0.39 is 63.1 Å². The van der Waals surface area contributed by atoms with Gasteiger partial charge in [0.05, 0.1) is 5.75 Å². The molecule has 1 saturated heterocycles. The number of carboxylic acid groups (broad SMARTS) is 1. The SMILES string of the molecule is CC(=O)OCC1=C(C(=O)O)N2C(=O)[C@@H](NC(=O)c3ccccc3)[C@H]2S(=O)(=O)C1. The second-order valence-corrected chi connectivity index (χ2v) is 8.36. The number of hydrogen-bond donors (Lipinski definition) is 2. The van der Waals surface area contributed by atoms with Gasteiger partial charge in [0.15, 0.2) is 15.2 Å². The van der Waals surface area contributed by atoms with Gasteiger partial charge in [-0.2, -0.15) is 0 Å². The third-order valence-corrected chi connectivity index (χ3v) is 6.31. The maximum absolute atomic E-state index is 12.6. The Labute approximate surface area is 159 Å². The van der Waals surface area contributed by atoms with Gasteiger partial charge in [-0.1, -0.05) is 18.2 Å². The molecular formula is C17H16N2O8S. The van der Waals surface area contributed by atoms with E-state index in [4.69, 9.17) is 4.74 Å². The Morgan fingerprint density at radius 3 is 2.46 bits per heavy atom. The van der Waals surface area contributed by atoms with Gasteiger partial charge in [0.25, 0.3) is 11.8 Å². The van der Waals surface area contributed by atoms with Crippen LogP contribution < -0.4 is 5.32 Å². The van der Waals surface area contributed by atoms with E-state index in [2.05, 4.69) is 5.32 Å². The van der Waals surface area contributed by atoms with Gasteiger partial charge in [0.2, 0.25) is 0 Å². The van der Waals surface area contributed by atoms with Crippen molar-refractivity contribution in [3.05, 3.63) is 47.2 Å². The first-order chi connectivity index (χ1) is 13.1. The van der Waals surface area contributed by atoms with E-state index in [1.54, 1.807) is 18.2 Å². The predicted octanol–water partition coefficient (Wildman–Crippen LogP) is -0.716. The minimum atomic E-state index is -4.02. The van der Waals surface area contributed by atoms with Crippen LogP contribution in [0.1, 0.15) is 17.3 Å². The molecule has 11 heteroatoms. The summed E-state index contributed by atoms with van der Waals surface area (Å²) in [7, 11) is -4.02. The predicted molar refractivity (Wildman–Crippen MR) is 93.4 cm³/mol. The van der Waals surface area contributed by atoms with Crippen LogP contribution in [0.5, 0.6) is 0 Å². The highest BCUT2D eigenvalue weighted by Crippen LogP contribution is 2.37. The first kappa shape index (κ1) is 19.5. The van der Waals surface area contributed by atoms with Crippen molar-refractivity contribution in [2.24, 2.45) is 0 Å². The minimum absolute atomic E-state index is 0.208. The molecule has 0 spiro atoms. The van der Waals surface area contributed by atoms with Crippen LogP contribution in [0.2, 0.25) is 0 Å². The van der Waals surface area contributed by atoms with Crippen molar-refractivity contribution >= 4 is 33.6 Å². The van der Waals surface area contributed by atoms with E-state index in [1.165, 1.54) is 12.1 Å². The first-order valence-electron chi connectivity index (χ1n) is 8.12. The molecule has 0 bridgehead atoms. The quantitative estimate of drug-likeness (QED) is 0.479. The van der Waals surface area contributed by atoms with Crippen LogP contribution in [0, 0.1) is 0 Å². The maximum atomic E-state index is 12.6. The summed E-state index contributed by atoms with van der Waals surface area (Å²) in [6.45, 7) is 0.527. The van der Waals surface area contributed by atoms with E-state index >= 15 is 0 Å². The van der Waals surface area contributed by atoms with Crippen LogP contribution in [-0.4, -0.2) is 66.0 Å². The van der Waals surface area contributed by atoms with Crippen molar-refractivity contribution in [2.45, 2.75) is 18.3 Å². The molecule has 0 aliphatic carbocycles. The van der Waals surface area contributed by atoms with E-state index in [-0.39, 0.29) is 11.1 Å². The molecule has 2 atom stereocenters. The smallest absolute Gasteiger partial charge is 0.352 e. The molecule has 1 aromatic carbocycles. The lowest BCUT2D eigenvalue weighted by atomic mass is 10.0. The number of carbonyl (C=O) groups is 4. The lowest BCUT2D eigenvalue weighted by Gasteiger charge is -2.48. The van der Waals surface area contributed by atoms with Gasteiger partial charge in [-0.25, -0.2) is 13.2 Å². The Balaban J connectivity index is 1.90. The molecule has 2 heterocycles. The summed E-state index contributed by atoms with van der Waals surface area (Å²) in [6.07, 6.45) is 0. The molecule has 0 saturated carbocycles. The molecule has 2 amide bonds. The van der Waals surface area contributed by atoms with Crippen molar-refractivity contribution in [2.75, 3.05) is 12.4 Å². The molecule has 1 fully saturated rings. The highest BCUT2D eigenvalue weighted by atomic mass is 32.2. The number of sulfone groups is 1. The van der Waals surface area contributed by atoms with Gasteiger partial charge in [-0.15, -0.1) is 0 Å². The second kappa shape index (κ2) is 7.08. The molecule has 10 nitrogen and oxygen atoms in total. The van der Waals surface area contributed by atoms with Gasteiger partial charge in [0, 0.05) is 18.1 Å². The lowest BCUT2D eigenvalue weighted by Crippen LogP contribution is -2.74. The molecule has 2 aliphatic rings. The van der Waals surface area contributed by atoms with Gasteiger partial charge < -0.3 is 15.2 Å². The number of esters is 1. The number of nitrogens with zero attached hydrogens (tertiary/aromatic N) is 1. The van der Waals surface area contributed by atoms with Crippen molar-refractivity contribution in [1.82, 2.24) is 10.2 Å². The van der Waals surface area contributed by atoms with E-state index in [0.29, 0.717) is 4.90 Å². The first-order valence-corrected chi connectivity index (χ1v) is 9.84. The summed E-state index contributed by atoms with van der Waals surface area (Å²) in [6, 6.07) is 6.48. The summed E-state index contributed by atoms with van der Waals surface area (Å²) in [5.74, 6) is -4.47. The van der Waals surface area contributed by atoms with E-state index in [9.17, 15) is 32.7 Å². The average molecular weight is 408 g/mol. The number of benzene rings is 1. The topological polar surface area (TPSA) is 147 Å². The van der Waals surface area contributed by atoms with E-state index in [0.717, 1.165) is 6.92 Å². The van der Waals surface area contributed by atoms with Crippen molar-refractivity contribution in [1.29, 1.82) is 0 Å². The summed E-state index contributed by atoms with van der Waals surface area (Å²) in [5, 5.41) is 10.3. The number of fused-ring (bicyclic) bond motifs is 1. The Morgan fingerprint density at radius 1 is 1.25 bits per heavy atom. The van der Waals surface area contributed by atoms with E-state index in [1.807, 2.05) is 0 Å². The van der Waals surface area contributed by atoms with Gasteiger partial charge in [-0.05, 0) is 12.1 Å². The summed E-state index contributed by atoms with van der Waals surface area (Å²) < 4.78 is 30.0. The number of hydrogen-bond acceptors (Lipinski definition) is 7. The van der Waals surface area contributed by atoms with Crippen LogP contribution in [0.25, 0.3) is 0 Å². The highest BCUT2D eigenvalue weighted by Gasteiger charge is 2.60. The van der Waals surface area contributed by atoms with Crippen molar-refractivity contribution in [3.63, 3.8) is 0 Å². The third kappa shape index (κ3) is 3.36. The molecule has 148 valence electrons. The molecule has 28 heavy (non-hydrogen) atoms. The summed E-state index contributed by atoms with van der Waals surface area (Å²) in [4.78, 5) is 48.0. The van der Waals surface area contributed by atoms with Crippen molar-refractivity contribution < 1.29 is 37.4 Å². The molecule has 0 unspecified atom stereocenters. The zero-order valence-electron chi connectivity index (χ0n) is 14.6. The summed E-state index contributed by atoms with van der Waals surface area (Å²) >= 11 is 0. The fourth-order valence-corrected chi connectivity index (χ4v) is 5.14. The number of carboxylic acids is 1. The molecule has 1 aromatic rings. The van der Waals surface area contributed by atoms with Crippen molar-refractivity contribution in [3.8, 4) is 0 Å². The Kier molecular flexibility index (Phi) is 4.94. The van der Waals surface area contributed by atoms with Crippen LogP contribution >= 0.6 is 0 Å². The zero-order valence-corrected chi connectivity index (χ0v) is 15.4. The number of nitrogens with one attached hydrogen (secondary N) is 1. The number of aliphatic carboxylic acids is 1. The largest absolute Gasteiger partial charge is 0.477 e. The summed E-state index contributed by atoms with van der Waals surface area (Å²) in [5.41, 5.74) is -0.525. The van der Waals surface area contributed by atoms with Gasteiger partial charge in [0.1, 0.15) is 18.3 Å². The highest BCUT2D eigenvalue weighted by molar-refractivity contribution is 7.92. The number of rotatable bonds is 5. The molecule has 2 N–H and O–H groups in total. The molecule has 0 radical (unpaired) electrons. The average Bonchev–Trinajstić information content (AvgIpc) is 2.63. The fraction of sp³-hybridized carbons (Fsp3) is 0.294. The third-order valence-electron chi connectivity index (χ3n) is 4.34. The molecule has 3 rings (SSSR count). The lowest BCUT2D eigenvalue weighted by molar-refractivity contribution is -0.149. The Morgan fingerprint density at radius 2 is 1.89 bits per heavy atom. The monoisotopic (exact) mass is 408 g/mol. The van der Waals surface area contributed by atoms with Gasteiger partial charge >= 0.3 is 11.9 Å². The van der Waals surface area contributed by atoms with Crippen LogP contribution in [0.15, 0.2) is 41.6 Å². The molecule has 2 aliphatic heterocycles. The van der Waals surface area contributed by atoms with Gasteiger partial charge in [-0.3, -0.25) is 19.3 Å². The number of β-lactam (4-membered cyclic amide) rings is 1. The molecule has 0 aromatic heterocycles. The number of carbonyl (C=O) groups excluding carboxylic acids is 3. The van der Waals surface area contributed by atoms with Crippen LogP contribution in [-0.2, 0) is 29.0 Å². The maximum Gasteiger partial charge on any atom is 0.352 e. The zero-order chi connectivity index (χ0) is 20.6. The Hall–Kier alpha value is -3.21.